The van der Waals surface area contributed by atoms with E-state index in [0.717, 1.165) is 43.6 Å². The van der Waals surface area contributed by atoms with Gasteiger partial charge in [-0.15, -0.1) is 12.4 Å². The predicted molar refractivity (Wildman–Crippen MR) is 107 cm³/mol. The Morgan fingerprint density at radius 3 is 1.79 bits per heavy atom. The van der Waals surface area contributed by atoms with Gasteiger partial charge in [-0.25, -0.2) is 13.6 Å². The van der Waals surface area contributed by atoms with Crippen LogP contribution in [-0.2, 0) is 0 Å². The normalized spacial score (nSPS) is 14.8. The number of rotatable bonds is 6. The van der Waals surface area contributed by atoms with E-state index in [1.807, 2.05) is 0 Å². The number of piperazine rings is 1. The standard InChI is InChI=1S/C21H24F2N2O2.ClH/c22-18-7-3-16(4-8-18)20(17-5-9-19(23)10-6-17)2-1-11-24-12-14-25(15-13-24)21(26)27;/h3-10,20H,1-2,11-15H2,(H,26,27);1H. The molecule has 0 unspecified atom stereocenters. The van der Waals surface area contributed by atoms with Crippen LogP contribution in [0.3, 0.4) is 0 Å². The number of nitrogens with zero attached hydrogens (tertiary/aromatic N) is 2. The maximum Gasteiger partial charge on any atom is 0.407 e. The number of halogens is 3. The van der Waals surface area contributed by atoms with Gasteiger partial charge in [0.1, 0.15) is 11.6 Å². The molecule has 4 nitrogen and oxygen atoms in total. The molecule has 152 valence electrons. The molecule has 0 aromatic heterocycles. The van der Waals surface area contributed by atoms with Crippen molar-refractivity contribution in [3.63, 3.8) is 0 Å². The molecule has 0 bridgehead atoms. The molecule has 1 aliphatic heterocycles. The zero-order chi connectivity index (χ0) is 19.2. The van der Waals surface area contributed by atoms with Crippen molar-refractivity contribution < 1.29 is 18.7 Å². The minimum absolute atomic E-state index is 0. The van der Waals surface area contributed by atoms with Crippen LogP contribution >= 0.6 is 12.4 Å². The Labute approximate surface area is 170 Å². The van der Waals surface area contributed by atoms with E-state index in [-0.39, 0.29) is 30.0 Å². The first kappa shape index (κ1) is 22.1. The largest absolute Gasteiger partial charge is 0.465 e. The van der Waals surface area contributed by atoms with Gasteiger partial charge in [0.05, 0.1) is 0 Å². The molecule has 2 aromatic rings. The number of hydrogen-bond acceptors (Lipinski definition) is 2. The Kier molecular flexibility index (Phi) is 8.20. The summed E-state index contributed by atoms with van der Waals surface area (Å²) < 4.78 is 26.6. The zero-order valence-electron chi connectivity index (χ0n) is 15.6. The van der Waals surface area contributed by atoms with E-state index < -0.39 is 6.09 Å². The first-order chi connectivity index (χ1) is 13.0. The number of hydrogen-bond donors (Lipinski definition) is 1. The topological polar surface area (TPSA) is 43.8 Å². The summed E-state index contributed by atoms with van der Waals surface area (Å²) in [7, 11) is 0. The zero-order valence-corrected chi connectivity index (χ0v) is 16.4. The lowest BCUT2D eigenvalue weighted by atomic mass is 9.87. The second kappa shape index (κ2) is 10.4. The van der Waals surface area contributed by atoms with Crippen LogP contribution in [0.1, 0.15) is 29.9 Å². The highest BCUT2D eigenvalue weighted by Crippen LogP contribution is 2.29. The van der Waals surface area contributed by atoms with E-state index in [9.17, 15) is 13.6 Å². The molecule has 1 saturated heterocycles. The van der Waals surface area contributed by atoms with E-state index >= 15 is 0 Å². The van der Waals surface area contributed by atoms with Crippen LogP contribution in [0, 0.1) is 11.6 Å². The van der Waals surface area contributed by atoms with Gasteiger partial charge in [0.2, 0.25) is 0 Å². The predicted octanol–water partition coefficient (Wildman–Crippen LogP) is 4.59. The molecule has 0 saturated carbocycles. The maximum atomic E-state index is 13.3. The van der Waals surface area contributed by atoms with Gasteiger partial charge in [-0.05, 0) is 54.8 Å². The van der Waals surface area contributed by atoms with Gasteiger partial charge < -0.3 is 10.0 Å². The molecule has 0 aliphatic carbocycles. The lowest BCUT2D eigenvalue weighted by Gasteiger charge is -2.33. The van der Waals surface area contributed by atoms with Crippen molar-refractivity contribution in [2.24, 2.45) is 0 Å². The molecule has 0 spiro atoms. The van der Waals surface area contributed by atoms with Crippen molar-refractivity contribution in [3.05, 3.63) is 71.3 Å². The first-order valence-corrected chi connectivity index (χ1v) is 9.24. The third-order valence-electron chi connectivity index (χ3n) is 5.15. The number of benzene rings is 2. The molecule has 3 rings (SSSR count). The molecule has 0 atom stereocenters. The molecule has 1 heterocycles. The Morgan fingerprint density at radius 2 is 1.36 bits per heavy atom. The van der Waals surface area contributed by atoms with Crippen LogP contribution in [0.5, 0.6) is 0 Å². The van der Waals surface area contributed by atoms with Gasteiger partial charge in [-0.2, -0.15) is 0 Å². The Morgan fingerprint density at radius 1 is 0.893 bits per heavy atom. The van der Waals surface area contributed by atoms with Crippen molar-refractivity contribution in [2.75, 3.05) is 32.7 Å². The summed E-state index contributed by atoms with van der Waals surface area (Å²) in [5.41, 5.74) is 2.03. The van der Waals surface area contributed by atoms with Crippen LogP contribution in [0.4, 0.5) is 13.6 Å². The molecule has 28 heavy (non-hydrogen) atoms. The highest BCUT2D eigenvalue weighted by atomic mass is 35.5. The fraction of sp³-hybridized carbons (Fsp3) is 0.381. The van der Waals surface area contributed by atoms with Gasteiger partial charge in [0.25, 0.3) is 0 Å². The molecule has 1 fully saturated rings. The van der Waals surface area contributed by atoms with Crippen LogP contribution in [0.15, 0.2) is 48.5 Å². The van der Waals surface area contributed by atoms with Gasteiger partial charge in [0.15, 0.2) is 0 Å². The second-order valence-electron chi connectivity index (χ2n) is 6.91. The first-order valence-electron chi connectivity index (χ1n) is 9.24. The molecular weight excluding hydrogens is 386 g/mol. The summed E-state index contributed by atoms with van der Waals surface area (Å²) in [6, 6.07) is 13.0. The minimum Gasteiger partial charge on any atom is -0.465 e. The maximum absolute atomic E-state index is 13.3. The van der Waals surface area contributed by atoms with E-state index in [1.165, 1.54) is 29.2 Å². The summed E-state index contributed by atoms with van der Waals surface area (Å²) in [4.78, 5) is 14.7. The van der Waals surface area contributed by atoms with Crippen LogP contribution < -0.4 is 0 Å². The van der Waals surface area contributed by atoms with Crippen LogP contribution in [0.2, 0.25) is 0 Å². The quantitative estimate of drug-likeness (QED) is 0.757. The Hall–Kier alpha value is -2.18. The average Bonchev–Trinajstić information content (AvgIpc) is 2.67. The Balaban J connectivity index is 0.00000280. The summed E-state index contributed by atoms with van der Waals surface area (Å²) in [6.45, 7) is 3.43. The molecule has 0 radical (unpaired) electrons. The van der Waals surface area contributed by atoms with Crippen molar-refractivity contribution in [3.8, 4) is 0 Å². The van der Waals surface area contributed by atoms with Crippen molar-refractivity contribution in [2.45, 2.75) is 18.8 Å². The highest BCUT2D eigenvalue weighted by Gasteiger charge is 2.21. The van der Waals surface area contributed by atoms with E-state index in [2.05, 4.69) is 4.90 Å². The molecule has 2 aromatic carbocycles. The van der Waals surface area contributed by atoms with E-state index in [0.29, 0.717) is 13.1 Å². The lowest BCUT2D eigenvalue weighted by molar-refractivity contribution is 0.105. The van der Waals surface area contributed by atoms with Crippen molar-refractivity contribution in [1.29, 1.82) is 0 Å². The molecule has 7 heteroatoms. The van der Waals surface area contributed by atoms with Crippen molar-refractivity contribution in [1.82, 2.24) is 9.80 Å². The minimum atomic E-state index is -0.859. The number of amides is 1. The molecule has 1 amide bonds. The molecule has 1 aliphatic rings. The summed E-state index contributed by atoms with van der Waals surface area (Å²) in [6.07, 6.45) is 0.922. The summed E-state index contributed by atoms with van der Waals surface area (Å²) in [5.74, 6) is -0.465. The van der Waals surface area contributed by atoms with Crippen LogP contribution in [0.25, 0.3) is 0 Å². The third-order valence-corrected chi connectivity index (χ3v) is 5.15. The van der Waals surface area contributed by atoms with E-state index in [1.54, 1.807) is 24.3 Å². The average molecular weight is 411 g/mol. The monoisotopic (exact) mass is 410 g/mol. The smallest absolute Gasteiger partial charge is 0.407 e. The molecule has 1 N–H and O–H groups in total. The second-order valence-corrected chi connectivity index (χ2v) is 6.91. The number of carbonyl (C=O) groups is 1. The Bertz CT molecular complexity index is 703. The fourth-order valence-corrected chi connectivity index (χ4v) is 3.60. The SMILES string of the molecule is Cl.O=C(O)N1CCN(CCCC(c2ccc(F)cc2)c2ccc(F)cc2)CC1. The van der Waals surface area contributed by atoms with Crippen molar-refractivity contribution >= 4 is 18.5 Å². The van der Waals surface area contributed by atoms with Gasteiger partial charge in [-0.3, -0.25) is 4.90 Å². The van der Waals surface area contributed by atoms with Crippen LogP contribution in [-0.4, -0.2) is 53.7 Å². The van der Waals surface area contributed by atoms with Gasteiger partial charge in [0, 0.05) is 32.1 Å². The fourth-order valence-electron chi connectivity index (χ4n) is 3.60. The summed E-state index contributed by atoms with van der Waals surface area (Å²) >= 11 is 0. The third kappa shape index (κ3) is 5.91. The lowest BCUT2D eigenvalue weighted by Crippen LogP contribution is -2.48. The van der Waals surface area contributed by atoms with Gasteiger partial charge in [-0.1, -0.05) is 24.3 Å². The highest BCUT2D eigenvalue weighted by molar-refractivity contribution is 5.85. The summed E-state index contributed by atoms with van der Waals surface area (Å²) in [5, 5.41) is 9.02. The molecular formula is C21H25ClF2N2O2. The van der Waals surface area contributed by atoms with E-state index in [4.69, 9.17) is 5.11 Å². The van der Waals surface area contributed by atoms with Gasteiger partial charge >= 0.3 is 6.09 Å². The number of carboxylic acid groups (broad SMARTS) is 1.